The van der Waals surface area contributed by atoms with E-state index < -0.39 is 0 Å². The number of hydrogen-bond donors (Lipinski definition) is 3. The van der Waals surface area contributed by atoms with Gasteiger partial charge in [-0.05, 0) is 103 Å². The van der Waals surface area contributed by atoms with E-state index in [1.807, 2.05) is 91.5 Å². The number of anilines is 3. The average molecular weight is 870 g/mol. The fourth-order valence-corrected chi connectivity index (χ4v) is 6.67. The molecule has 316 valence electrons. The maximum atomic E-state index is 15.3. The van der Waals surface area contributed by atoms with E-state index in [9.17, 15) is 14.0 Å². The Bertz CT molecular complexity index is 2120. The molecule has 4 rings (SSSR count). The number of hydrogen-bond acceptors (Lipinski definition) is 4. The van der Waals surface area contributed by atoms with Crippen LogP contribution < -0.4 is 20.9 Å². The van der Waals surface area contributed by atoms with Crippen molar-refractivity contribution in [2.24, 2.45) is 10.8 Å². The van der Waals surface area contributed by atoms with Gasteiger partial charge in [0.15, 0.2) is 5.82 Å². The Balaban J connectivity index is 0.000000339. The van der Waals surface area contributed by atoms with E-state index in [4.69, 9.17) is 12.8 Å². The molecule has 0 saturated carbocycles. The van der Waals surface area contributed by atoms with Crippen LogP contribution in [0.3, 0.4) is 0 Å². The highest BCUT2D eigenvalue weighted by Crippen LogP contribution is 2.33. The topological polar surface area (TPSA) is 73.5 Å². The lowest BCUT2D eigenvalue weighted by molar-refractivity contribution is -0.118. The Kier molecular flexibility index (Phi) is 19.6. The van der Waals surface area contributed by atoms with Crippen LogP contribution in [0.15, 0.2) is 65.1 Å². The number of halogens is 3. The molecule has 0 saturated heterocycles. The molecule has 0 aliphatic carbocycles. The van der Waals surface area contributed by atoms with Crippen molar-refractivity contribution in [3.05, 3.63) is 121 Å². The summed E-state index contributed by atoms with van der Waals surface area (Å²) in [5.41, 5.74) is 8.68. The van der Waals surface area contributed by atoms with Crippen molar-refractivity contribution in [2.75, 3.05) is 28.6 Å². The second-order valence-electron chi connectivity index (χ2n) is 17.4. The van der Waals surface area contributed by atoms with E-state index in [1.165, 1.54) is 16.7 Å². The van der Waals surface area contributed by atoms with Crippen LogP contribution in [-0.4, -0.2) is 24.9 Å². The molecule has 0 unspecified atom stereocenters. The van der Waals surface area contributed by atoms with Gasteiger partial charge in [-0.1, -0.05) is 113 Å². The molecule has 0 fully saturated rings. The predicted octanol–water partition coefficient (Wildman–Crippen LogP) is 12.1. The van der Waals surface area contributed by atoms with Crippen molar-refractivity contribution in [3.63, 3.8) is 0 Å². The Hall–Kier alpha value is -4.96. The summed E-state index contributed by atoms with van der Waals surface area (Å²) in [4.78, 5) is 26.1. The van der Waals surface area contributed by atoms with Gasteiger partial charge in [0.05, 0.1) is 23.2 Å². The quantitative estimate of drug-likeness (QED) is 0.104. The average Bonchev–Trinajstić information content (AvgIpc) is 3.13. The van der Waals surface area contributed by atoms with E-state index in [0.717, 1.165) is 23.2 Å². The van der Waals surface area contributed by atoms with Crippen molar-refractivity contribution in [1.29, 1.82) is 0 Å². The molecule has 4 aromatic rings. The fourth-order valence-electron chi connectivity index (χ4n) is 6.03. The third kappa shape index (κ3) is 17.4. The Labute approximate surface area is 361 Å². The Morgan fingerprint density at radius 3 is 1.56 bits per heavy atom. The zero-order valence-electron chi connectivity index (χ0n) is 37.1. The molecule has 4 aromatic carbocycles. The molecular formula is C50H63BrF2N4O2. The van der Waals surface area contributed by atoms with E-state index >= 15 is 4.39 Å². The molecule has 0 atom stereocenters. The maximum absolute atomic E-state index is 15.3. The maximum Gasteiger partial charge on any atom is 0.224 e. The lowest BCUT2D eigenvalue weighted by Crippen LogP contribution is -2.25. The van der Waals surface area contributed by atoms with Crippen LogP contribution in [-0.2, 0) is 22.7 Å². The summed E-state index contributed by atoms with van der Waals surface area (Å²) in [7, 11) is 0. The van der Waals surface area contributed by atoms with Gasteiger partial charge in [-0.2, -0.15) is 0 Å². The molecular weight excluding hydrogens is 806 g/mol. The monoisotopic (exact) mass is 868 g/mol. The van der Waals surface area contributed by atoms with Gasteiger partial charge >= 0.3 is 0 Å². The summed E-state index contributed by atoms with van der Waals surface area (Å²) in [6.45, 7) is 25.5. The molecule has 0 aromatic heterocycles. The first-order valence-corrected chi connectivity index (χ1v) is 20.5. The predicted molar refractivity (Wildman–Crippen MR) is 248 cm³/mol. The SMILES string of the molecule is C#CCN(Cc1ccc(C)cc1)c1cc(C)c(NC(=O)CC(C)(C)C)c(C)c1F.C#CCNCc1ccc(C)cc1.Cc1cc(Br)c(F)c(C)c1NC(=O)CC(C)(C)C. The molecule has 6 nitrogen and oxygen atoms in total. The second-order valence-corrected chi connectivity index (χ2v) is 18.3. The van der Waals surface area contributed by atoms with Crippen molar-refractivity contribution in [2.45, 2.75) is 109 Å². The standard InChI is InChI=1S/C25H31FN2O.C14H19BrFNO.C11H13N/c1-8-13-28(16-20-11-9-17(2)10-12-20)21-14-18(3)24(19(4)23(21)26)27-22(29)15-25(5,6)7;1-8-6-10(15)12(16)9(2)13(8)17-11(18)7-14(3,4)5;1-3-8-12-9-11-6-4-10(2)5-7-11/h1,9-12,14H,13,15-16H2,2-7H3,(H,27,29);6H,7H2,1-5H3,(H,17,18);1,4-7,12H,8-9H2,2H3. The third-order valence-corrected chi connectivity index (χ3v) is 9.61. The lowest BCUT2D eigenvalue weighted by atomic mass is 9.92. The van der Waals surface area contributed by atoms with E-state index in [-0.39, 0.29) is 34.3 Å². The molecule has 0 aliphatic rings. The molecule has 0 heterocycles. The molecule has 9 heteroatoms. The summed E-state index contributed by atoms with van der Waals surface area (Å²) in [5, 5.41) is 8.83. The lowest BCUT2D eigenvalue weighted by Gasteiger charge is -2.26. The van der Waals surface area contributed by atoms with Gasteiger partial charge in [-0.25, -0.2) is 8.78 Å². The van der Waals surface area contributed by atoms with E-state index in [1.54, 1.807) is 26.0 Å². The smallest absolute Gasteiger partial charge is 0.224 e. The van der Waals surface area contributed by atoms with Gasteiger partial charge in [0.25, 0.3) is 0 Å². The number of carbonyl (C=O) groups is 2. The number of amides is 2. The highest BCUT2D eigenvalue weighted by Gasteiger charge is 2.22. The van der Waals surface area contributed by atoms with Crippen LogP contribution in [0.1, 0.15) is 98.9 Å². The second kappa shape index (κ2) is 23.0. The molecule has 0 radical (unpaired) electrons. The van der Waals surface area contributed by atoms with Crippen LogP contribution in [0.2, 0.25) is 0 Å². The summed E-state index contributed by atoms with van der Waals surface area (Å²) >= 11 is 3.16. The number of nitrogens with zero attached hydrogens (tertiary/aromatic N) is 1. The van der Waals surface area contributed by atoms with Crippen molar-refractivity contribution in [3.8, 4) is 24.7 Å². The summed E-state index contributed by atoms with van der Waals surface area (Å²) < 4.78 is 29.5. The molecule has 0 spiro atoms. The first-order chi connectivity index (χ1) is 27.5. The molecule has 59 heavy (non-hydrogen) atoms. The molecule has 0 aliphatic heterocycles. The first-order valence-electron chi connectivity index (χ1n) is 19.7. The number of carbonyl (C=O) groups excluding carboxylic acids is 2. The number of terminal acetylenes is 2. The fraction of sp³-hybridized carbons (Fsp3) is 0.400. The van der Waals surface area contributed by atoms with Crippen LogP contribution in [0.5, 0.6) is 0 Å². The van der Waals surface area contributed by atoms with Crippen molar-refractivity contribution >= 4 is 44.8 Å². The van der Waals surface area contributed by atoms with Gasteiger partial charge in [-0.3, -0.25) is 9.59 Å². The van der Waals surface area contributed by atoms with Gasteiger partial charge in [-0.15, -0.1) is 12.8 Å². The molecule has 0 bridgehead atoms. The van der Waals surface area contributed by atoms with Crippen LogP contribution >= 0.6 is 15.9 Å². The third-order valence-electron chi connectivity index (χ3n) is 9.03. The highest BCUT2D eigenvalue weighted by atomic mass is 79.9. The first kappa shape index (κ1) is 50.2. The largest absolute Gasteiger partial charge is 0.354 e. The van der Waals surface area contributed by atoms with Gasteiger partial charge in [0.2, 0.25) is 11.8 Å². The summed E-state index contributed by atoms with van der Waals surface area (Å²) in [6, 6.07) is 20.0. The zero-order valence-corrected chi connectivity index (χ0v) is 38.7. The molecule has 2 amide bonds. The van der Waals surface area contributed by atoms with Crippen molar-refractivity contribution < 1.29 is 18.4 Å². The zero-order chi connectivity index (χ0) is 44.7. The van der Waals surface area contributed by atoms with Gasteiger partial charge in [0.1, 0.15) is 5.82 Å². The minimum Gasteiger partial charge on any atom is -0.354 e. The summed E-state index contributed by atoms with van der Waals surface area (Å²) in [6.07, 6.45) is 11.4. The normalized spacial score (nSPS) is 10.9. The van der Waals surface area contributed by atoms with E-state index in [2.05, 4.69) is 74.9 Å². The van der Waals surface area contributed by atoms with Crippen molar-refractivity contribution in [1.82, 2.24) is 5.32 Å². The van der Waals surface area contributed by atoms with Crippen LogP contribution in [0.25, 0.3) is 0 Å². The Morgan fingerprint density at radius 2 is 1.12 bits per heavy atom. The van der Waals surface area contributed by atoms with Gasteiger partial charge < -0.3 is 20.9 Å². The van der Waals surface area contributed by atoms with Crippen LogP contribution in [0, 0.1) is 88.7 Å². The van der Waals surface area contributed by atoms with E-state index in [0.29, 0.717) is 65.1 Å². The minimum atomic E-state index is -0.357. The summed E-state index contributed by atoms with van der Waals surface area (Å²) in [5.74, 6) is 4.28. The number of rotatable bonds is 11. The number of benzene rings is 4. The number of nitrogens with one attached hydrogen (secondary N) is 3. The molecule has 3 N–H and O–H groups in total. The van der Waals surface area contributed by atoms with Gasteiger partial charge in [0, 0.05) is 48.4 Å². The minimum absolute atomic E-state index is 0.0835. The Morgan fingerprint density at radius 1 is 0.678 bits per heavy atom. The number of aryl methyl sites for hydroxylation is 4. The van der Waals surface area contributed by atoms with Crippen LogP contribution in [0.4, 0.5) is 25.8 Å². The highest BCUT2D eigenvalue weighted by molar-refractivity contribution is 9.10.